The quantitative estimate of drug-likeness (QED) is 0.905. The molecule has 0 bridgehead atoms. The number of amides is 1. The lowest BCUT2D eigenvalue weighted by Crippen LogP contribution is -2.35. The first kappa shape index (κ1) is 14.8. The van der Waals surface area contributed by atoms with Gasteiger partial charge in [-0.1, -0.05) is 28.9 Å². The molecule has 3 rings (SSSR count). The van der Waals surface area contributed by atoms with Gasteiger partial charge < -0.3 is 19.8 Å². The van der Waals surface area contributed by atoms with Gasteiger partial charge in [-0.15, -0.1) is 0 Å². The highest BCUT2D eigenvalue weighted by Gasteiger charge is 2.25. The standard InChI is InChI=1S/C16H16N4O3/c1-10-4-3-5-11(6-10)15-19-14(13(21)8-20(15)2)16(22)18-12-7-17-23-9-12/h3-7,9,21H,8H2,1-2H3,(H,18,22). The van der Waals surface area contributed by atoms with Crippen LogP contribution in [0, 0.1) is 6.92 Å². The molecule has 0 atom stereocenters. The highest BCUT2D eigenvalue weighted by atomic mass is 16.5. The fourth-order valence-electron chi connectivity index (χ4n) is 2.34. The lowest BCUT2D eigenvalue weighted by atomic mass is 10.1. The second-order valence-corrected chi connectivity index (χ2v) is 5.32. The molecule has 0 radical (unpaired) electrons. The maximum Gasteiger partial charge on any atom is 0.278 e. The molecule has 1 aliphatic rings. The number of amidine groups is 1. The van der Waals surface area contributed by atoms with Crippen molar-refractivity contribution in [3.63, 3.8) is 0 Å². The van der Waals surface area contributed by atoms with Crippen LogP contribution in [0.4, 0.5) is 5.69 Å². The molecule has 0 unspecified atom stereocenters. The van der Waals surface area contributed by atoms with Crippen LogP contribution in [-0.2, 0) is 4.79 Å². The Kier molecular flexibility index (Phi) is 3.84. The summed E-state index contributed by atoms with van der Waals surface area (Å²) in [4.78, 5) is 18.4. The second kappa shape index (κ2) is 5.96. The zero-order valence-electron chi connectivity index (χ0n) is 12.8. The van der Waals surface area contributed by atoms with Gasteiger partial charge in [0, 0.05) is 12.6 Å². The maximum absolute atomic E-state index is 12.3. The minimum Gasteiger partial charge on any atom is -0.508 e. The molecule has 1 aliphatic heterocycles. The van der Waals surface area contributed by atoms with E-state index in [9.17, 15) is 9.90 Å². The number of aliphatic imine (C=N–C) groups is 1. The van der Waals surface area contributed by atoms with Crippen LogP contribution in [0.25, 0.3) is 0 Å². The molecule has 1 aromatic heterocycles. The van der Waals surface area contributed by atoms with E-state index in [0.717, 1.165) is 11.1 Å². The Morgan fingerprint density at radius 1 is 1.43 bits per heavy atom. The summed E-state index contributed by atoms with van der Waals surface area (Å²) in [7, 11) is 1.81. The molecule has 0 aliphatic carbocycles. The first-order valence-corrected chi connectivity index (χ1v) is 7.04. The van der Waals surface area contributed by atoms with Crippen molar-refractivity contribution >= 4 is 17.4 Å². The smallest absolute Gasteiger partial charge is 0.278 e. The van der Waals surface area contributed by atoms with Crippen molar-refractivity contribution in [2.24, 2.45) is 4.99 Å². The van der Waals surface area contributed by atoms with Crippen LogP contribution in [0.2, 0.25) is 0 Å². The molecule has 23 heavy (non-hydrogen) atoms. The van der Waals surface area contributed by atoms with E-state index in [1.54, 1.807) is 4.90 Å². The third-order valence-corrected chi connectivity index (χ3v) is 3.42. The van der Waals surface area contributed by atoms with Crippen LogP contribution in [0.1, 0.15) is 11.1 Å². The van der Waals surface area contributed by atoms with E-state index in [4.69, 9.17) is 0 Å². The van der Waals surface area contributed by atoms with Crippen LogP contribution < -0.4 is 5.32 Å². The van der Waals surface area contributed by atoms with Gasteiger partial charge in [-0.2, -0.15) is 0 Å². The van der Waals surface area contributed by atoms with E-state index < -0.39 is 5.91 Å². The van der Waals surface area contributed by atoms with Crippen LogP contribution in [-0.4, -0.2) is 40.5 Å². The van der Waals surface area contributed by atoms with Crippen molar-refractivity contribution in [2.45, 2.75) is 6.92 Å². The minimum atomic E-state index is -0.510. The highest BCUT2D eigenvalue weighted by Crippen LogP contribution is 2.19. The molecule has 0 saturated carbocycles. The molecule has 2 N–H and O–H groups in total. The maximum atomic E-state index is 12.3. The predicted octanol–water partition coefficient (Wildman–Crippen LogP) is 2.08. The molecule has 2 aromatic rings. The van der Waals surface area contributed by atoms with Crippen molar-refractivity contribution < 1.29 is 14.4 Å². The molecule has 0 spiro atoms. The second-order valence-electron chi connectivity index (χ2n) is 5.32. The number of likely N-dealkylation sites (N-methyl/N-ethyl adjacent to an activating group) is 1. The number of nitrogens with one attached hydrogen (secondary N) is 1. The van der Waals surface area contributed by atoms with Crippen molar-refractivity contribution in [1.29, 1.82) is 0 Å². The van der Waals surface area contributed by atoms with Crippen molar-refractivity contribution in [3.05, 3.63) is 59.3 Å². The van der Waals surface area contributed by atoms with E-state index in [1.807, 2.05) is 38.2 Å². The number of aryl methyl sites for hydroxylation is 1. The van der Waals surface area contributed by atoms with Crippen molar-refractivity contribution in [3.8, 4) is 0 Å². The Hall–Kier alpha value is -3.09. The van der Waals surface area contributed by atoms with Gasteiger partial charge in [0.15, 0.2) is 5.70 Å². The molecule has 0 saturated heterocycles. The van der Waals surface area contributed by atoms with E-state index in [1.165, 1.54) is 12.5 Å². The molecular weight excluding hydrogens is 296 g/mol. The Morgan fingerprint density at radius 3 is 2.96 bits per heavy atom. The normalized spacial score (nSPS) is 14.7. The Morgan fingerprint density at radius 2 is 2.26 bits per heavy atom. The Balaban J connectivity index is 1.93. The molecule has 118 valence electrons. The summed E-state index contributed by atoms with van der Waals surface area (Å²) >= 11 is 0. The third-order valence-electron chi connectivity index (χ3n) is 3.42. The van der Waals surface area contributed by atoms with Crippen molar-refractivity contribution in [1.82, 2.24) is 10.1 Å². The van der Waals surface area contributed by atoms with E-state index >= 15 is 0 Å². The number of aromatic nitrogens is 1. The summed E-state index contributed by atoms with van der Waals surface area (Å²) in [5.41, 5.74) is 2.37. The number of hydrogen-bond donors (Lipinski definition) is 2. The summed E-state index contributed by atoms with van der Waals surface area (Å²) in [5, 5.41) is 16.2. The van der Waals surface area contributed by atoms with Gasteiger partial charge in [-0.25, -0.2) is 4.99 Å². The number of hydrogen-bond acceptors (Lipinski definition) is 6. The summed E-state index contributed by atoms with van der Waals surface area (Å²) < 4.78 is 4.66. The van der Waals surface area contributed by atoms with E-state index in [0.29, 0.717) is 11.5 Å². The Labute approximate surface area is 132 Å². The minimum absolute atomic E-state index is 0.0131. The first-order valence-electron chi connectivity index (χ1n) is 7.04. The number of anilines is 1. The highest BCUT2D eigenvalue weighted by molar-refractivity contribution is 6.09. The number of aliphatic hydroxyl groups is 1. The van der Waals surface area contributed by atoms with Gasteiger partial charge in [0.05, 0.1) is 12.7 Å². The summed E-state index contributed by atoms with van der Waals surface area (Å²) in [6.07, 6.45) is 2.67. The molecule has 1 amide bonds. The molecule has 2 heterocycles. The van der Waals surface area contributed by atoms with E-state index in [-0.39, 0.29) is 18.0 Å². The van der Waals surface area contributed by atoms with Crippen LogP contribution >= 0.6 is 0 Å². The van der Waals surface area contributed by atoms with E-state index in [2.05, 4.69) is 20.0 Å². The average Bonchev–Trinajstić information content (AvgIpc) is 3.00. The van der Waals surface area contributed by atoms with Gasteiger partial charge in [0.1, 0.15) is 23.5 Å². The lowest BCUT2D eigenvalue weighted by Gasteiger charge is -2.26. The molecule has 1 aromatic carbocycles. The van der Waals surface area contributed by atoms with Gasteiger partial charge in [-0.05, 0) is 13.0 Å². The topological polar surface area (TPSA) is 91.0 Å². The molecular formula is C16H16N4O3. The summed E-state index contributed by atoms with van der Waals surface area (Å²) in [6.45, 7) is 2.19. The van der Waals surface area contributed by atoms with Gasteiger partial charge in [0.2, 0.25) is 0 Å². The predicted molar refractivity (Wildman–Crippen MR) is 85.1 cm³/mol. The lowest BCUT2D eigenvalue weighted by molar-refractivity contribution is -0.113. The number of rotatable bonds is 3. The van der Waals surface area contributed by atoms with Crippen LogP contribution in [0.3, 0.4) is 0 Å². The average molecular weight is 312 g/mol. The van der Waals surface area contributed by atoms with Crippen LogP contribution in [0.5, 0.6) is 0 Å². The number of benzene rings is 1. The van der Waals surface area contributed by atoms with Gasteiger partial charge >= 0.3 is 0 Å². The van der Waals surface area contributed by atoms with Crippen molar-refractivity contribution in [2.75, 3.05) is 18.9 Å². The number of aliphatic hydroxyl groups excluding tert-OH is 1. The summed E-state index contributed by atoms with van der Waals surface area (Å²) in [5.74, 6) is 0.0313. The molecule has 0 fully saturated rings. The van der Waals surface area contributed by atoms with Gasteiger partial charge in [-0.3, -0.25) is 4.79 Å². The SMILES string of the molecule is Cc1cccc(C2=NC(C(=O)Nc3cnoc3)=C(O)CN2C)c1. The molecule has 7 nitrogen and oxygen atoms in total. The largest absolute Gasteiger partial charge is 0.508 e. The monoisotopic (exact) mass is 312 g/mol. The fraction of sp³-hybridized carbons (Fsp3) is 0.188. The first-order chi connectivity index (χ1) is 11.0. The third kappa shape index (κ3) is 3.08. The summed E-state index contributed by atoms with van der Waals surface area (Å²) in [6, 6.07) is 7.81. The number of nitrogens with zero attached hydrogens (tertiary/aromatic N) is 3. The van der Waals surface area contributed by atoms with Crippen LogP contribution in [0.15, 0.2) is 57.7 Å². The molecule has 7 heteroatoms. The fourth-order valence-corrected chi connectivity index (χ4v) is 2.34. The number of carbonyl (C=O) groups excluding carboxylic acids is 1. The zero-order chi connectivity index (χ0) is 16.4. The zero-order valence-corrected chi connectivity index (χ0v) is 12.8. The Bertz CT molecular complexity index is 793. The van der Waals surface area contributed by atoms with Gasteiger partial charge in [0.25, 0.3) is 5.91 Å². The number of carbonyl (C=O) groups is 1.